The number of piperidine rings is 1. The highest BCUT2D eigenvalue weighted by molar-refractivity contribution is 7.92. The van der Waals surface area contributed by atoms with Crippen molar-refractivity contribution in [2.24, 2.45) is 5.92 Å². The minimum Gasteiger partial charge on any atom is -0.444 e. The van der Waals surface area contributed by atoms with E-state index >= 15 is 0 Å². The van der Waals surface area contributed by atoms with Crippen molar-refractivity contribution in [3.8, 4) is 5.75 Å². The molecule has 240 valence electrons. The molecule has 0 unspecified atom stereocenters. The minimum atomic E-state index is -4.35. The van der Waals surface area contributed by atoms with Gasteiger partial charge in [-0.3, -0.25) is 9.59 Å². The third-order valence-electron chi connectivity index (χ3n) is 6.85. The molecule has 4 rings (SSSR count). The molecule has 1 fully saturated rings. The lowest BCUT2D eigenvalue weighted by Crippen LogP contribution is -2.44. The van der Waals surface area contributed by atoms with Crippen molar-refractivity contribution in [2.75, 3.05) is 30.6 Å². The monoisotopic (exact) mass is 640 g/mol. The number of nitrogens with one attached hydrogen (secondary N) is 2. The van der Waals surface area contributed by atoms with Gasteiger partial charge in [0.2, 0.25) is 5.91 Å². The van der Waals surface area contributed by atoms with E-state index < -0.39 is 27.3 Å². The molecule has 0 bridgehead atoms. The second-order valence-corrected chi connectivity index (χ2v) is 13.3. The molecule has 1 saturated heterocycles. The van der Waals surface area contributed by atoms with E-state index in [0.717, 1.165) is 6.07 Å². The van der Waals surface area contributed by atoms with Gasteiger partial charge in [-0.2, -0.15) is 8.42 Å². The lowest BCUT2D eigenvalue weighted by molar-refractivity contribution is -0.120. The number of hydrogen-bond donors (Lipinski definition) is 2. The fourth-order valence-electron chi connectivity index (χ4n) is 4.51. The molecule has 45 heavy (non-hydrogen) atoms. The average Bonchev–Trinajstić information content (AvgIpc) is 3.01. The minimum absolute atomic E-state index is 0.0553. The fourth-order valence-corrected chi connectivity index (χ4v) is 5.76. The number of nitrogens with zero attached hydrogens (tertiary/aromatic N) is 2. The van der Waals surface area contributed by atoms with Crippen LogP contribution in [0.3, 0.4) is 0 Å². The molecule has 2 N–H and O–H groups in total. The summed E-state index contributed by atoms with van der Waals surface area (Å²) >= 11 is 0. The number of likely N-dealkylation sites (tertiary alicyclic amines) is 1. The molecule has 0 radical (unpaired) electrons. The number of amides is 3. The normalized spacial score (nSPS) is 13.9. The summed E-state index contributed by atoms with van der Waals surface area (Å²) in [7, 11) is -4.35. The maximum absolute atomic E-state index is 14.0. The van der Waals surface area contributed by atoms with Gasteiger partial charge in [-0.25, -0.2) is 9.18 Å². The van der Waals surface area contributed by atoms with Gasteiger partial charge in [0.1, 0.15) is 11.4 Å². The van der Waals surface area contributed by atoms with Gasteiger partial charge in [0.05, 0.1) is 17.1 Å². The van der Waals surface area contributed by atoms with Crippen LogP contribution in [0.1, 0.15) is 44.0 Å². The molecule has 0 aliphatic carbocycles. The highest BCUT2D eigenvalue weighted by atomic mass is 32.2. The third-order valence-corrected chi connectivity index (χ3v) is 8.44. The zero-order valence-electron chi connectivity index (χ0n) is 25.4. The number of carbonyl (C=O) groups excluding carboxylic acids is 3. The third kappa shape index (κ3) is 9.42. The highest BCUT2D eigenvalue weighted by Gasteiger charge is 2.29. The Kier molecular flexibility index (Phi) is 10.7. The first-order valence-corrected chi connectivity index (χ1v) is 15.9. The number of anilines is 1. The molecule has 3 amide bonds. The lowest BCUT2D eigenvalue weighted by Gasteiger charge is -2.33. The number of halogens is 1. The summed E-state index contributed by atoms with van der Waals surface area (Å²) in [6.45, 7) is 6.67. The Bertz CT molecular complexity index is 1590. The molecule has 3 aromatic carbocycles. The Labute approximate surface area is 262 Å². The Morgan fingerprint density at radius 1 is 0.933 bits per heavy atom. The Morgan fingerprint density at radius 3 is 2.22 bits per heavy atom. The van der Waals surface area contributed by atoms with E-state index in [1.165, 1.54) is 42.5 Å². The first kappa shape index (κ1) is 33.2. The number of rotatable bonds is 10. The Morgan fingerprint density at radius 2 is 1.60 bits per heavy atom. The van der Waals surface area contributed by atoms with Crippen molar-refractivity contribution < 1.29 is 36.8 Å². The maximum atomic E-state index is 14.0. The molecule has 1 heterocycles. The van der Waals surface area contributed by atoms with Crippen LogP contribution in [-0.2, 0) is 19.6 Å². The number of ether oxygens (including phenoxy) is 1. The first-order valence-electron chi connectivity index (χ1n) is 14.5. The van der Waals surface area contributed by atoms with Crippen LogP contribution in [0.4, 0.5) is 14.9 Å². The van der Waals surface area contributed by atoms with Gasteiger partial charge in [-0.15, -0.1) is 0 Å². The summed E-state index contributed by atoms with van der Waals surface area (Å²) in [6, 6.07) is 18.2. The summed E-state index contributed by atoms with van der Waals surface area (Å²) in [5.74, 6) is -1.19. The zero-order chi connectivity index (χ0) is 32.6. The van der Waals surface area contributed by atoms with Crippen LogP contribution < -0.4 is 19.9 Å². The first-order chi connectivity index (χ1) is 21.3. The van der Waals surface area contributed by atoms with Crippen LogP contribution in [0.15, 0.2) is 83.8 Å². The van der Waals surface area contributed by atoms with Gasteiger partial charge in [0.25, 0.3) is 15.9 Å². The molecule has 1 aliphatic heterocycles. The number of carbonyl (C=O) groups is 3. The highest BCUT2D eigenvalue weighted by Crippen LogP contribution is 2.27. The predicted molar refractivity (Wildman–Crippen MR) is 165 cm³/mol. The van der Waals surface area contributed by atoms with Gasteiger partial charge in [-0.1, -0.05) is 28.7 Å². The van der Waals surface area contributed by atoms with Gasteiger partial charge >= 0.3 is 6.09 Å². The van der Waals surface area contributed by atoms with Crippen molar-refractivity contribution in [1.82, 2.24) is 15.5 Å². The van der Waals surface area contributed by atoms with Crippen LogP contribution >= 0.6 is 0 Å². The van der Waals surface area contributed by atoms with Gasteiger partial charge in [0, 0.05) is 31.3 Å². The Hall–Kier alpha value is -4.65. The molecule has 3 aromatic rings. The van der Waals surface area contributed by atoms with E-state index in [-0.39, 0.29) is 46.4 Å². The van der Waals surface area contributed by atoms with Crippen molar-refractivity contribution in [2.45, 2.75) is 44.1 Å². The number of benzene rings is 3. The number of sulfonamides is 1. The van der Waals surface area contributed by atoms with E-state index in [2.05, 4.69) is 10.6 Å². The molecule has 0 aromatic heterocycles. The van der Waals surface area contributed by atoms with Crippen molar-refractivity contribution >= 4 is 33.6 Å². The Balaban J connectivity index is 1.30. The second-order valence-electron chi connectivity index (χ2n) is 11.5. The average molecular weight is 641 g/mol. The van der Waals surface area contributed by atoms with Crippen molar-refractivity contribution in [1.29, 1.82) is 0 Å². The maximum Gasteiger partial charge on any atom is 0.410 e. The van der Waals surface area contributed by atoms with E-state index in [4.69, 9.17) is 9.57 Å². The van der Waals surface area contributed by atoms with E-state index in [0.29, 0.717) is 36.9 Å². The molecule has 0 saturated carbocycles. The van der Waals surface area contributed by atoms with Crippen LogP contribution in [0.2, 0.25) is 0 Å². The fraction of sp³-hybridized carbons (Fsp3) is 0.344. The standard InChI is InChI=1S/C32H37FN4O7S/c1-32(2,3)43-31(40)36-18-16-23(17-19-36)21-34-29(38)22-35-30(39)24-12-14-28(15-13-24)45(41,42)37(26-9-7-8-25(33)20-26)44-27-10-5-4-6-11-27/h4-15,20,23H,16-19,21-22H2,1-3H3,(H,34,38)(H,35,39). The van der Waals surface area contributed by atoms with E-state index in [1.54, 1.807) is 35.2 Å². The second kappa shape index (κ2) is 14.4. The molecule has 1 aliphatic rings. The molecule has 0 atom stereocenters. The quantitative estimate of drug-likeness (QED) is 0.312. The summed E-state index contributed by atoms with van der Waals surface area (Å²) < 4.78 is 47.1. The van der Waals surface area contributed by atoms with Gasteiger partial charge in [-0.05, 0) is 88.1 Å². The van der Waals surface area contributed by atoms with Gasteiger partial charge in [0.15, 0.2) is 5.75 Å². The van der Waals surface area contributed by atoms with E-state index in [1.807, 2.05) is 20.8 Å². The summed E-state index contributed by atoms with van der Waals surface area (Å²) in [4.78, 5) is 44.4. The lowest BCUT2D eigenvalue weighted by atomic mass is 9.97. The number of para-hydroxylation sites is 1. The van der Waals surface area contributed by atoms with Crippen LogP contribution in [0.25, 0.3) is 0 Å². The van der Waals surface area contributed by atoms with E-state index in [9.17, 15) is 27.2 Å². The SMILES string of the molecule is CC(C)(C)OC(=O)N1CCC(CNC(=O)CNC(=O)c2ccc(S(=O)(=O)N(Oc3ccccc3)c3cccc(F)c3)cc2)CC1. The molecular formula is C32H37FN4O7S. The van der Waals surface area contributed by atoms with Crippen LogP contribution in [0.5, 0.6) is 5.75 Å². The van der Waals surface area contributed by atoms with Gasteiger partial charge < -0.3 is 25.1 Å². The molecular weight excluding hydrogens is 603 g/mol. The largest absolute Gasteiger partial charge is 0.444 e. The van der Waals surface area contributed by atoms with Crippen LogP contribution in [-0.4, -0.2) is 63.0 Å². The smallest absolute Gasteiger partial charge is 0.410 e. The molecule has 11 nitrogen and oxygen atoms in total. The van der Waals surface area contributed by atoms with Crippen molar-refractivity contribution in [3.05, 3.63) is 90.2 Å². The zero-order valence-corrected chi connectivity index (χ0v) is 26.2. The molecule has 0 spiro atoms. The summed E-state index contributed by atoms with van der Waals surface area (Å²) in [5, 5.41) is 5.34. The summed E-state index contributed by atoms with van der Waals surface area (Å²) in [5.41, 5.74) is -0.479. The molecule has 13 heteroatoms. The number of hydrogen-bond acceptors (Lipinski definition) is 7. The van der Waals surface area contributed by atoms with Crippen LogP contribution in [0, 0.1) is 11.7 Å². The predicted octanol–water partition coefficient (Wildman–Crippen LogP) is 4.51. The summed E-state index contributed by atoms with van der Waals surface area (Å²) in [6.07, 6.45) is 1.09. The van der Waals surface area contributed by atoms with Crippen molar-refractivity contribution in [3.63, 3.8) is 0 Å². The topological polar surface area (TPSA) is 134 Å².